The number of halogens is 2. The van der Waals surface area contributed by atoms with Gasteiger partial charge < -0.3 is 5.73 Å². The molecule has 0 saturated heterocycles. The lowest BCUT2D eigenvalue weighted by Crippen LogP contribution is -2.12. The van der Waals surface area contributed by atoms with E-state index in [0.29, 0.717) is 0 Å². The van der Waals surface area contributed by atoms with Gasteiger partial charge >= 0.3 is 0 Å². The van der Waals surface area contributed by atoms with Gasteiger partial charge in [-0.25, -0.2) is 0 Å². The van der Waals surface area contributed by atoms with Gasteiger partial charge in [-0.2, -0.15) is 0 Å². The van der Waals surface area contributed by atoms with E-state index in [-0.39, 0.29) is 6.04 Å². The number of aryl methyl sites for hydroxylation is 1. The van der Waals surface area contributed by atoms with E-state index in [2.05, 4.69) is 81.4 Å². The van der Waals surface area contributed by atoms with Gasteiger partial charge in [0.2, 0.25) is 0 Å². The van der Waals surface area contributed by atoms with E-state index in [1.165, 1.54) is 10.5 Å². The fourth-order valence-corrected chi connectivity index (χ4v) is 3.36. The molecule has 0 aliphatic carbocycles. The number of rotatable bonds is 3. The Morgan fingerprint density at radius 3 is 2.26 bits per heavy atom. The lowest BCUT2D eigenvalue weighted by Gasteiger charge is -2.16. The maximum Gasteiger partial charge on any atom is 0.0563 e. The smallest absolute Gasteiger partial charge is 0.0563 e. The predicted molar refractivity (Wildman–Crippen MR) is 90.8 cm³/mol. The van der Waals surface area contributed by atoms with Crippen LogP contribution < -0.4 is 5.73 Å². The van der Waals surface area contributed by atoms with Crippen LogP contribution in [0.2, 0.25) is 0 Å². The van der Waals surface area contributed by atoms with E-state index in [0.717, 1.165) is 20.1 Å². The van der Waals surface area contributed by atoms with Gasteiger partial charge in [0.25, 0.3) is 0 Å². The van der Waals surface area contributed by atoms with Crippen LogP contribution in [0.15, 0.2) is 50.2 Å². The summed E-state index contributed by atoms with van der Waals surface area (Å²) in [6, 6.07) is 12.5. The Balaban J connectivity index is 2.37. The zero-order chi connectivity index (χ0) is 14.0. The molecule has 0 radical (unpaired) electrons. The summed E-state index contributed by atoms with van der Waals surface area (Å²) >= 11 is 8.90. The maximum absolute atomic E-state index is 6.37. The van der Waals surface area contributed by atoms with Crippen molar-refractivity contribution in [2.45, 2.75) is 17.9 Å². The van der Waals surface area contributed by atoms with Crippen LogP contribution in [0.5, 0.6) is 0 Å². The molecule has 0 fully saturated rings. The van der Waals surface area contributed by atoms with Crippen molar-refractivity contribution >= 4 is 43.6 Å². The van der Waals surface area contributed by atoms with E-state index in [4.69, 9.17) is 5.73 Å². The van der Waals surface area contributed by atoms with E-state index < -0.39 is 0 Å². The summed E-state index contributed by atoms with van der Waals surface area (Å²) in [6.07, 6.45) is 2.07. The van der Waals surface area contributed by atoms with Crippen LogP contribution in [0.25, 0.3) is 0 Å². The Morgan fingerprint density at radius 1 is 1.05 bits per heavy atom. The molecular weight excluding hydrogens is 386 g/mol. The standard InChI is InChI=1S/C15H15Br2NS/c1-9-7-14(17)12(8-13(9)16)15(18)10-3-5-11(19-2)6-4-10/h3-8,15H,18H2,1-2H3. The van der Waals surface area contributed by atoms with Gasteiger partial charge in [0, 0.05) is 13.8 Å². The summed E-state index contributed by atoms with van der Waals surface area (Å²) in [4.78, 5) is 1.25. The molecule has 0 aliphatic heterocycles. The minimum atomic E-state index is -0.123. The van der Waals surface area contributed by atoms with Crippen LogP contribution >= 0.6 is 43.6 Å². The van der Waals surface area contributed by atoms with Gasteiger partial charge in [0.05, 0.1) is 6.04 Å². The molecule has 2 aromatic rings. The number of hydrogen-bond donors (Lipinski definition) is 1. The van der Waals surface area contributed by atoms with Crippen molar-refractivity contribution in [1.29, 1.82) is 0 Å². The molecule has 0 amide bonds. The Bertz CT molecular complexity index is 581. The zero-order valence-electron chi connectivity index (χ0n) is 10.8. The molecule has 1 unspecified atom stereocenters. The van der Waals surface area contributed by atoms with Crippen molar-refractivity contribution in [3.05, 3.63) is 62.0 Å². The van der Waals surface area contributed by atoms with Crippen molar-refractivity contribution in [3.8, 4) is 0 Å². The zero-order valence-corrected chi connectivity index (χ0v) is 14.8. The third-order valence-electron chi connectivity index (χ3n) is 3.09. The normalized spacial score (nSPS) is 12.5. The SMILES string of the molecule is CSc1ccc(C(N)c2cc(Br)c(C)cc2Br)cc1. The van der Waals surface area contributed by atoms with Crippen LogP contribution in [0.1, 0.15) is 22.7 Å². The van der Waals surface area contributed by atoms with Crippen molar-refractivity contribution < 1.29 is 0 Å². The van der Waals surface area contributed by atoms with Crippen molar-refractivity contribution in [2.75, 3.05) is 6.26 Å². The van der Waals surface area contributed by atoms with Gasteiger partial charge in [0.1, 0.15) is 0 Å². The first-order valence-electron chi connectivity index (χ1n) is 5.88. The molecule has 1 nitrogen and oxygen atoms in total. The average Bonchev–Trinajstić information content (AvgIpc) is 2.42. The van der Waals surface area contributed by atoms with E-state index in [1.807, 2.05) is 0 Å². The first-order chi connectivity index (χ1) is 9.02. The fourth-order valence-electron chi connectivity index (χ4n) is 1.89. The lowest BCUT2D eigenvalue weighted by atomic mass is 9.99. The molecule has 19 heavy (non-hydrogen) atoms. The molecule has 2 N–H and O–H groups in total. The Morgan fingerprint density at radius 2 is 1.68 bits per heavy atom. The fraction of sp³-hybridized carbons (Fsp3) is 0.200. The summed E-state index contributed by atoms with van der Waals surface area (Å²) < 4.78 is 2.14. The molecule has 0 spiro atoms. The van der Waals surface area contributed by atoms with E-state index >= 15 is 0 Å². The average molecular weight is 401 g/mol. The number of nitrogens with two attached hydrogens (primary N) is 1. The highest BCUT2D eigenvalue weighted by molar-refractivity contribution is 9.11. The number of thioether (sulfide) groups is 1. The van der Waals surface area contributed by atoms with Gasteiger partial charge in [-0.1, -0.05) is 44.0 Å². The summed E-state index contributed by atoms with van der Waals surface area (Å²) in [6.45, 7) is 2.07. The highest BCUT2D eigenvalue weighted by Crippen LogP contribution is 2.32. The molecule has 2 aromatic carbocycles. The second-order valence-corrected chi connectivity index (χ2v) is 6.96. The molecule has 2 rings (SSSR count). The maximum atomic E-state index is 6.37. The summed E-state index contributed by atoms with van der Waals surface area (Å²) in [5.41, 5.74) is 9.78. The van der Waals surface area contributed by atoms with Crippen LogP contribution in [0, 0.1) is 6.92 Å². The number of benzene rings is 2. The first-order valence-corrected chi connectivity index (χ1v) is 8.69. The van der Waals surface area contributed by atoms with Gasteiger partial charge in [-0.3, -0.25) is 0 Å². The second kappa shape index (κ2) is 6.44. The molecular formula is C15H15Br2NS. The topological polar surface area (TPSA) is 26.0 Å². The van der Waals surface area contributed by atoms with Crippen molar-refractivity contribution in [1.82, 2.24) is 0 Å². The lowest BCUT2D eigenvalue weighted by molar-refractivity contribution is 0.862. The molecule has 0 aromatic heterocycles. The van der Waals surface area contributed by atoms with Gasteiger partial charge in [-0.15, -0.1) is 11.8 Å². The van der Waals surface area contributed by atoms with Gasteiger partial charge in [-0.05, 0) is 54.1 Å². The Hall–Kier alpha value is -0.290. The monoisotopic (exact) mass is 399 g/mol. The molecule has 1 atom stereocenters. The molecule has 0 aliphatic rings. The Labute approximate surface area is 135 Å². The highest BCUT2D eigenvalue weighted by Gasteiger charge is 2.14. The predicted octanol–water partition coefficient (Wildman–Crippen LogP) is 5.29. The van der Waals surface area contributed by atoms with E-state index in [9.17, 15) is 0 Å². The largest absolute Gasteiger partial charge is 0.320 e. The molecule has 0 heterocycles. The van der Waals surface area contributed by atoms with Crippen LogP contribution in [-0.4, -0.2) is 6.26 Å². The number of hydrogen-bond acceptors (Lipinski definition) is 2. The molecule has 4 heteroatoms. The van der Waals surface area contributed by atoms with Crippen LogP contribution in [-0.2, 0) is 0 Å². The van der Waals surface area contributed by atoms with E-state index in [1.54, 1.807) is 11.8 Å². The highest BCUT2D eigenvalue weighted by atomic mass is 79.9. The molecule has 0 bridgehead atoms. The summed E-state index contributed by atoms with van der Waals surface area (Å²) in [5, 5.41) is 0. The third-order valence-corrected chi connectivity index (χ3v) is 5.37. The van der Waals surface area contributed by atoms with Crippen LogP contribution in [0.4, 0.5) is 0 Å². The first kappa shape index (κ1) is 15.1. The quantitative estimate of drug-likeness (QED) is 0.708. The van der Waals surface area contributed by atoms with Gasteiger partial charge in [0.15, 0.2) is 0 Å². The molecule has 100 valence electrons. The second-order valence-electron chi connectivity index (χ2n) is 4.37. The van der Waals surface area contributed by atoms with Crippen LogP contribution in [0.3, 0.4) is 0 Å². The minimum Gasteiger partial charge on any atom is -0.320 e. The summed E-state index contributed by atoms with van der Waals surface area (Å²) in [5.74, 6) is 0. The Kier molecular flexibility index (Phi) is 5.12. The summed E-state index contributed by atoms with van der Waals surface area (Å²) in [7, 11) is 0. The van der Waals surface area contributed by atoms with Crippen molar-refractivity contribution in [2.24, 2.45) is 5.73 Å². The minimum absolute atomic E-state index is 0.123. The molecule has 0 saturated carbocycles. The third kappa shape index (κ3) is 3.43. The van der Waals surface area contributed by atoms with Crippen molar-refractivity contribution in [3.63, 3.8) is 0 Å².